The first kappa shape index (κ1) is 22.4. The normalized spacial score (nSPS) is 21.4. The Morgan fingerprint density at radius 3 is 2.63 bits per heavy atom. The zero-order valence-electron chi connectivity index (χ0n) is 20.3. The van der Waals surface area contributed by atoms with Crippen LogP contribution in [0.15, 0.2) is 77.7 Å². The van der Waals surface area contributed by atoms with E-state index in [0.717, 1.165) is 24.2 Å². The van der Waals surface area contributed by atoms with Crippen LogP contribution in [0.4, 0.5) is 5.69 Å². The van der Waals surface area contributed by atoms with E-state index in [1.165, 1.54) is 27.4 Å². The summed E-state index contributed by atoms with van der Waals surface area (Å²) in [5.41, 5.74) is 5.90. The van der Waals surface area contributed by atoms with Gasteiger partial charge in [0.1, 0.15) is 0 Å². The SMILES string of the molecule is CCn1c2ccccc2c2cc(C3Nc4ccc(S(=O)(=O)NC(C)C)cc4C4C=CCC43)ccc21. The zero-order valence-corrected chi connectivity index (χ0v) is 21.1. The van der Waals surface area contributed by atoms with Gasteiger partial charge in [0.25, 0.3) is 0 Å². The number of nitrogens with one attached hydrogen (secondary N) is 2. The second kappa shape index (κ2) is 8.25. The van der Waals surface area contributed by atoms with Crippen molar-refractivity contribution in [1.29, 1.82) is 0 Å². The van der Waals surface area contributed by atoms with Crippen LogP contribution >= 0.6 is 0 Å². The molecule has 2 aliphatic rings. The van der Waals surface area contributed by atoms with E-state index in [4.69, 9.17) is 0 Å². The fraction of sp³-hybridized carbons (Fsp3) is 0.310. The predicted molar refractivity (Wildman–Crippen MR) is 143 cm³/mol. The molecular formula is C29H31N3O2S. The highest BCUT2D eigenvalue weighted by molar-refractivity contribution is 7.89. The Balaban J connectivity index is 1.43. The number of sulfonamides is 1. The van der Waals surface area contributed by atoms with Gasteiger partial charge in [0, 0.05) is 46.0 Å². The molecular weight excluding hydrogens is 454 g/mol. The highest BCUT2D eigenvalue weighted by Crippen LogP contribution is 2.50. The van der Waals surface area contributed by atoms with Gasteiger partial charge >= 0.3 is 0 Å². The second-order valence-corrected chi connectivity index (χ2v) is 11.8. The number of benzene rings is 3. The van der Waals surface area contributed by atoms with Crippen molar-refractivity contribution >= 4 is 37.5 Å². The van der Waals surface area contributed by atoms with E-state index in [1.807, 2.05) is 26.0 Å². The second-order valence-electron chi connectivity index (χ2n) is 10.0. The lowest BCUT2D eigenvalue weighted by molar-refractivity contribution is 0.425. The molecule has 2 N–H and O–H groups in total. The van der Waals surface area contributed by atoms with E-state index in [0.29, 0.717) is 10.8 Å². The monoisotopic (exact) mass is 485 g/mol. The van der Waals surface area contributed by atoms with Crippen LogP contribution in [-0.2, 0) is 16.6 Å². The third kappa shape index (κ3) is 3.58. The predicted octanol–water partition coefficient (Wildman–Crippen LogP) is 6.33. The molecule has 5 nitrogen and oxygen atoms in total. The maximum Gasteiger partial charge on any atom is 0.240 e. The van der Waals surface area contributed by atoms with Crippen molar-refractivity contribution in [2.45, 2.75) is 56.6 Å². The quantitative estimate of drug-likeness (QED) is 0.325. The maximum atomic E-state index is 12.8. The number of hydrogen-bond donors (Lipinski definition) is 2. The van der Waals surface area contributed by atoms with Gasteiger partial charge in [0.05, 0.1) is 10.9 Å². The summed E-state index contributed by atoms with van der Waals surface area (Å²) in [5, 5.41) is 6.35. The first-order valence-corrected chi connectivity index (χ1v) is 14.0. The van der Waals surface area contributed by atoms with E-state index in [9.17, 15) is 8.42 Å². The summed E-state index contributed by atoms with van der Waals surface area (Å²) in [4.78, 5) is 0.332. The van der Waals surface area contributed by atoms with Crippen LogP contribution in [0.25, 0.3) is 21.8 Å². The highest BCUT2D eigenvalue weighted by Gasteiger charge is 2.38. The zero-order chi connectivity index (χ0) is 24.3. The molecule has 6 heteroatoms. The summed E-state index contributed by atoms with van der Waals surface area (Å²) in [6, 6.07) is 21.0. The largest absolute Gasteiger partial charge is 0.378 e. The summed E-state index contributed by atoms with van der Waals surface area (Å²) >= 11 is 0. The maximum absolute atomic E-state index is 12.8. The molecule has 0 radical (unpaired) electrons. The van der Waals surface area contributed by atoms with Gasteiger partial charge in [-0.3, -0.25) is 0 Å². The molecule has 1 aliphatic carbocycles. The standard InChI is InChI=1S/C29H31N3O2S/c1-4-32-27-11-6-5-8-22(27)25-16-19(12-15-28(25)32)29-23-10-7-9-21(23)24-17-20(13-14-26(24)30-29)35(33,34)31-18(2)3/h5-9,11-18,21,23,29-31H,4,10H2,1-3H3. The van der Waals surface area contributed by atoms with E-state index in [1.54, 1.807) is 6.07 Å². The first-order chi connectivity index (χ1) is 16.9. The van der Waals surface area contributed by atoms with Crippen LogP contribution in [0.1, 0.15) is 50.3 Å². The molecule has 0 saturated carbocycles. The molecule has 3 aromatic carbocycles. The topological polar surface area (TPSA) is 63.1 Å². The Morgan fingerprint density at radius 1 is 1.03 bits per heavy atom. The van der Waals surface area contributed by atoms with Crippen LogP contribution in [0.2, 0.25) is 0 Å². The van der Waals surface area contributed by atoms with Crippen LogP contribution in [-0.4, -0.2) is 19.0 Å². The van der Waals surface area contributed by atoms with E-state index in [2.05, 4.69) is 76.1 Å². The molecule has 1 aromatic heterocycles. The minimum absolute atomic E-state index is 0.147. The lowest BCUT2D eigenvalue weighted by Gasteiger charge is -2.37. The van der Waals surface area contributed by atoms with Gasteiger partial charge in [-0.25, -0.2) is 13.1 Å². The lowest BCUT2D eigenvalue weighted by Crippen LogP contribution is -2.31. The fourth-order valence-corrected chi connectivity index (χ4v) is 7.34. The van der Waals surface area contributed by atoms with Crippen LogP contribution in [0.5, 0.6) is 0 Å². The number of para-hydroxylation sites is 1. The highest BCUT2D eigenvalue weighted by atomic mass is 32.2. The molecule has 0 fully saturated rings. The lowest BCUT2D eigenvalue weighted by atomic mass is 9.77. The summed E-state index contributed by atoms with van der Waals surface area (Å²) in [7, 11) is -3.54. The van der Waals surface area contributed by atoms with Crippen LogP contribution in [0.3, 0.4) is 0 Å². The summed E-state index contributed by atoms with van der Waals surface area (Å²) < 4.78 is 30.7. The van der Waals surface area contributed by atoms with Gasteiger partial charge < -0.3 is 9.88 Å². The molecule has 35 heavy (non-hydrogen) atoms. The smallest absolute Gasteiger partial charge is 0.240 e. The molecule has 2 heterocycles. The summed E-state index contributed by atoms with van der Waals surface area (Å²) in [6.07, 6.45) is 5.47. The average molecular weight is 486 g/mol. The van der Waals surface area contributed by atoms with Crippen molar-refractivity contribution in [2.75, 3.05) is 5.32 Å². The Labute approximate surface area is 206 Å². The molecule has 4 aromatic rings. The van der Waals surface area contributed by atoms with Gasteiger partial charge in [-0.1, -0.05) is 36.4 Å². The van der Waals surface area contributed by atoms with E-state index < -0.39 is 10.0 Å². The van der Waals surface area contributed by atoms with Crippen molar-refractivity contribution in [3.63, 3.8) is 0 Å². The van der Waals surface area contributed by atoms with E-state index >= 15 is 0 Å². The van der Waals surface area contributed by atoms with Gasteiger partial charge in [-0.15, -0.1) is 0 Å². The number of aryl methyl sites for hydroxylation is 1. The van der Waals surface area contributed by atoms with Crippen LogP contribution in [0, 0.1) is 5.92 Å². The number of hydrogen-bond acceptors (Lipinski definition) is 3. The number of nitrogens with zero attached hydrogens (tertiary/aromatic N) is 1. The number of rotatable bonds is 5. The van der Waals surface area contributed by atoms with E-state index in [-0.39, 0.29) is 18.0 Å². The van der Waals surface area contributed by atoms with Gasteiger partial charge in [0.15, 0.2) is 0 Å². The van der Waals surface area contributed by atoms with Crippen molar-refractivity contribution in [3.8, 4) is 0 Å². The fourth-order valence-electron chi connectivity index (χ4n) is 6.05. The number of aromatic nitrogens is 1. The number of fused-ring (bicyclic) bond motifs is 6. The average Bonchev–Trinajstić information content (AvgIpc) is 3.45. The molecule has 0 amide bonds. The Kier molecular flexibility index (Phi) is 5.27. The third-order valence-electron chi connectivity index (χ3n) is 7.51. The minimum atomic E-state index is -3.54. The molecule has 180 valence electrons. The Bertz CT molecular complexity index is 1580. The molecule has 0 saturated heterocycles. The van der Waals surface area contributed by atoms with Gasteiger partial charge in [-0.2, -0.15) is 0 Å². The number of allylic oxidation sites excluding steroid dienone is 2. The van der Waals surface area contributed by atoms with Crippen LogP contribution < -0.4 is 10.0 Å². The Morgan fingerprint density at radius 2 is 1.83 bits per heavy atom. The number of anilines is 1. The molecule has 6 rings (SSSR count). The van der Waals surface area contributed by atoms with Gasteiger partial charge in [0.2, 0.25) is 10.0 Å². The summed E-state index contributed by atoms with van der Waals surface area (Å²) in [6.45, 7) is 6.81. The Hall–Kier alpha value is -3.09. The van der Waals surface area contributed by atoms with Gasteiger partial charge in [-0.05, 0) is 80.6 Å². The van der Waals surface area contributed by atoms with Crippen molar-refractivity contribution in [2.24, 2.45) is 5.92 Å². The first-order valence-electron chi connectivity index (χ1n) is 12.5. The molecule has 0 spiro atoms. The summed E-state index contributed by atoms with van der Waals surface area (Å²) in [5.74, 6) is 0.536. The molecule has 1 aliphatic heterocycles. The molecule has 3 unspecified atom stereocenters. The van der Waals surface area contributed by atoms with Crippen molar-refractivity contribution < 1.29 is 8.42 Å². The van der Waals surface area contributed by atoms with Crippen molar-refractivity contribution in [3.05, 3.63) is 83.9 Å². The van der Waals surface area contributed by atoms with Crippen molar-refractivity contribution in [1.82, 2.24) is 9.29 Å². The minimum Gasteiger partial charge on any atom is -0.378 e. The molecule has 0 bridgehead atoms. The molecule has 3 atom stereocenters. The third-order valence-corrected chi connectivity index (χ3v) is 9.16.